The Morgan fingerprint density at radius 3 is 2.88 bits per heavy atom. The molecular weight excluding hydrogens is 366 g/mol. The third-order valence-electron chi connectivity index (χ3n) is 3.90. The van der Waals surface area contributed by atoms with Gasteiger partial charge in [0.15, 0.2) is 3.95 Å². The second kappa shape index (κ2) is 7.23. The van der Waals surface area contributed by atoms with Crippen LogP contribution in [0.3, 0.4) is 0 Å². The Labute approximate surface area is 160 Å². The van der Waals surface area contributed by atoms with Crippen molar-refractivity contribution in [3.63, 3.8) is 0 Å². The lowest BCUT2D eigenvalue weighted by Crippen LogP contribution is -2.37. The molecule has 0 spiro atoms. The summed E-state index contributed by atoms with van der Waals surface area (Å²) in [5.74, 6) is 0.196. The fourth-order valence-electron chi connectivity index (χ4n) is 2.65. The van der Waals surface area contributed by atoms with E-state index >= 15 is 0 Å². The standard InChI is InChI=1S/C18H17N5OS2/c1-11(2)23(13-4-5-14-15(9-13)26-18(25)21-14)17(24)12(10-19)8-16-20-6-7-22(16)3/h4-9,11H,1-3H3,(H,21,25)/b12-8-. The maximum Gasteiger partial charge on any atom is 0.269 e. The number of aryl methyl sites for hydroxylation is 1. The van der Waals surface area contributed by atoms with Crippen molar-refractivity contribution in [2.75, 3.05) is 4.90 Å². The Balaban J connectivity index is 2.04. The number of hydrogen-bond donors (Lipinski definition) is 1. The minimum absolute atomic E-state index is 0.0368. The molecule has 0 aliphatic heterocycles. The van der Waals surface area contributed by atoms with Crippen LogP contribution in [0.5, 0.6) is 0 Å². The first-order valence-corrected chi connectivity index (χ1v) is 9.18. The molecular formula is C18H17N5OS2. The SMILES string of the molecule is CC(C)N(C(=O)/C(C#N)=C\c1nccn1C)c1ccc2[nH]c(=S)sc2c1. The highest BCUT2D eigenvalue weighted by atomic mass is 32.1. The summed E-state index contributed by atoms with van der Waals surface area (Å²) in [4.78, 5) is 21.9. The molecule has 1 amide bonds. The maximum atomic E-state index is 13.1. The Hall–Kier alpha value is -2.76. The Bertz CT molecular complexity index is 1100. The maximum absolute atomic E-state index is 13.1. The van der Waals surface area contributed by atoms with Gasteiger partial charge in [0.1, 0.15) is 17.5 Å². The lowest BCUT2D eigenvalue weighted by atomic mass is 10.1. The molecule has 0 radical (unpaired) electrons. The predicted molar refractivity (Wildman–Crippen MR) is 106 cm³/mol. The zero-order valence-corrected chi connectivity index (χ0v) is 16.2. The van der Waals surface area contributed by atoms with Crippen molar-refractivity contribution < 1.29 is 4.79 Å². The van der Waals surface area contributed by atoms with Gasteiger partial charge in [0, 0.05) is 37.2 Å². The van der Waals surface area contributed by atoms with Crippen molar-refractivity contribution in [3.05, 3.63) is 45.9 Å². The zero-order chi connectivity index (χ0) is 18.8. The van der Waals surface area contributed by atoms with Gasteiger partial charge >= 0.3 is 0 Å². The van der Waals surface area contributed by atoms with E-state index in [0.717, 1.165) is 15.9 Å². The van der Waals surface area contributed by atoms with Crippen LogP contribution in [0.15, 0.2) is 36.2 Å². The molecule has 2 aromatic heterocycles. The van der Waals surface area contributed by atoms with Crippen molar-refractivity contribution in [2.24, 2.45) is 7.05 Å². The molecule has 3 rings (SSSR count). The van der Waals surface area contributed by atoms with Gasteiger partial charge in [-0.1, -0.05) is 0 Å². The monoisotopic (exact) mass is 383 g/mol. The minimum atomic E-state index is -0.357. The number of thiazole rings is 1. The Kier molecular flexibility index (Phi) is 5.02. The topological polar surface area (TPSA) is 77.7 Å². The van der Waals surface area contributed by atoms with Crippen LogP contribution in [0, 0.1) is 15.3 Å². The third kappa shape index (κ3) is 3.45. The molecule has 8 heteroatoms. The van der Waals surface area contributed by atoms with Crippen molar-refractivity contribution in [1.29, 1.82) is 5.26 Å². The smallest absolute Gasteiger partial charge is 0.269 e. The summed E-state index contributed by atoms with van der Waals surface area (Å²) < 4.78 is 3.41. The molecule has 132 valence electrons. The molecule has 2 heterocycles. The number of rotatable bonds is 4. The molecule has 0 saturated heterocycles. The number of H-pyrrole nitrogens is 1. The second-order valence-electron chi connectivity index (χ2n) is 6.03. The van der Waals surface area contributed by atoms with E-state index < -0.39 is 0 Å². The molecule has 0 bridgehead atoms. The van der Waals surface area contributed by atoms with Crippen LogP contribution < -0.4 is 4.90 Å². The molecule has 0 saturated carbocycles. The highest BCUT2D eigenvalue weighted by Crippen LogP contribution is 2.27. The molecule has 0 aliphatic rings. The Morgan fingerprint density at radius 1 is 1.50 bits per heavy atom. The summed E-state index contributed by atoms with van der Waals surface area (Å²) in [7, 11) is 1.81. The summed E-state index contributed by atoms with van der Waals surface area (Å²) in [6, 6.07) is 7.56. The van der Waals surface area contributed by atoms with Crippen LogP contribution in [-0.4, -0.2) is 26.5 Å². The first kappa shape index (κ1) is 18.0. The number of carbonyl (C=O) groups excluding carboxylic acids is 1. The molecule has 0 unspecified atom stereocenters. The van der Waals surface area contributed by atoms with Crippen LogP contribution in [-0.2, 0) is 11.8 Å². The molecule has 6 nitrogen and oxygen atoms in total. The number of anilines is 1. The number of aromatic amines is 1. The number of amides is 1. The van der Waals surface area contributed by atoms with Crippen LogP contribution in [0.2, 0.25) is 0 Å². The number of nitrogens with zero attached hydrogens (tertiary/aromatic N) is 4. The van der Waals surface area contributed by atoms with Crippen molar-refractivity contribution >= 4 is 51.4 Å². The molecule has 1 N–H and O–H groups in total. The second-order valence-corrected chi connectivity index (χ2v) is 7.75. The number of carbonyl (C=O) groups is 1. The number of imidazole rings is 1. The average Bonchev–Trinajstić information content (AvgIpc) is 3.16. The molecule has 26 heavy (non-hydrogen) atoms. The van der Waals surface area contributed by atoms with Gasteiger partial charge < -0.3 is 14.5 Å². The largest absolute Gasteiger partial charge is 0.337 e. The van der Waals surface area contributed by atoms with E-state index in [2.05, 4.69) is 9.97 Å². The van der Waals surface area contributed by atoms with E-state index in [0.29, 0.717) is 9.78 Å². The fourth-order valence-corrected chi connectivity index (χ4v) is 3.80. The number of aromatic nitrogens is 3. The summed E-state index contributed by atoms with van der Waals surface area (Å²) in [6.07, 6.45) is 4.90. The van der Waals surface area contributed by atoms with Crippen LogP contribution >= 0.6 is 23.6 Å². The average molecular weight is 384 g/mol. The molecule has 0 fully saturated rings. The van der Waals surface area contributed by atoms with Crippen molar-refractivity contribution in [1.82, 2.24) is 14.5 Å². The lowest BCUT2D eigenvalue weighted by molar-refractivity contribution is -0.115. The third-order valence-corrected chi connectivity index (χ3v) is 5.10. The van der Waals surface area contributed by atoms with Gasteiger partial charge in [0.25, 0.3) is 5.91 Å². The first-order valence-electron chi connectivity index (χ1n) is 7.96. The number of hydrogen-bond acceptors (Lipinski definition) is 5. The van der Waals surface area contributed by atoms with Gasteiger partial charge in [0.2, 0.25) is 0 Å². The lowest BCUT2D eigenvalue weighted by Gasteiger charge is -2.26. The highest BCUT2D eigenvalue weighted by molar-refractivity contribution is 7.73. The van der Waals surface area contributed by atoms with Crippen LogP contribution in [0.4, 0.5) is 5.69 Å². The zero-order valence-electron chi connectivity index (χ0n) is 14.6. The normalized spacial score (nSPS) is 11.7. The predicted octanol–water partition coefficient (Wildman–Crippen LogP) is 4.04. The first-order chi connectivity index (χ1) is 12.4. The number of fused-ring (bicyclic) bond motifs is 1. The molecule has 1 aromatic carbocycles. The van der Waals surface area contributed by atoms with Crippen LogP contribution in [0.1, 0.15) is 19.7 Å². The van der Waals surface area contributed by atoms with Crippen molar-refractivity contribution in [2.45, 2.75) is 19.9 Å². The summed E-state index contributed by atoms with van der Waals surface area (Å²) in [5.41, 5.74) is 1.70. The van der Waals surface area contributed by atoms with E-state index in [1.165, 1.54) is 17.4 Å². The van der Waals surface area contributed by atoms with E-state index in [4.69, 9.17) is 12.2 Å². The molecule has 3 aromatic rings. The van der Waals surface area contributed by atoms with Gasteiger partial charge in [-0.2, -0.15) is 5.26 Å². The van der Waals surface area contributed by atoms with Gasteiger partial charge in [-0.3, -0.25) is 4.79 Å². The summed E-state index contributed by atoms with van der Waals surface area (Å²) >= 11 is 6.64. The van der Waals surface area contributed by atoms with E-state index in [1.807, 2.05) is 45.2 Å². The fraction of sp³-hybridized carbons (Fsp3) is 0.222. The molecule has 0 aliphatic carbocycles. The Morgan fingerprint density at radius 2 is 2.27 bits per heavy atom. The van der Waals surface area contributed by atoms with Gasteiger partial charge in [-0.15, -0.1) is 11.3 Å². The van der Waals surface area contributed by atoms with Gasteiger partial charge in [-0.05, 0) is 44.3 Å². The number of benzene rings is 1. The number of nitriles is 1. The van der Waals surface area contributed by atoms with Crippen molar-refractivity contribution in [3.8, 4) is 6.07 Å². The highest BCUT2D eigenvalue weighted by Gasteiger charge is 2.23. The van der Waals surface area contributed by atoms with E-state index in [1.54, 1.807) is 21.9 Å². The van der Waals surface area contributed by atoms with Gasteiger partial charge in [-0.25, -0.2) is 4.98 Å². The van der Waals surface area contributed by atoms with E-state index in [-0.39, 0.29) is 17.5 Å². The summed E-state index contributed by atoms with van der Waals surface area (Å²) in [6.45, 7) is 3.83. The number of nitrogens with one attached hydrogen (secondary N) is 1. The van der Waals surface area contributed by atoms with Gasteiger partial charge in [0.05, 0.1) is 10.2 Å². The quantitative estimate of drug-likeness (QED) is 0.419. The van der Waals surface area contributed by atoms with Crippen LogP contribution in [0.25, 0.3) is 16.3 Å². The van der Waals surface area contributed by atoms with E-state index in [9.17, 15) is 10.1 Å². The summed E-state index contributed by atoms with van der Waals surface area (Å²) in [5, 5.41) is 9.52. The minimum Gasteiger partial charge on any atom is -0.337 e. The molecule has 0 atom stereocenters.